The molecule has 0 amide bonds. The van der Waals surface area contributed by atoms with Crippen LogP contribution < -0.4 is 10.7 Å². The minimum atomic E-state index is -1.44. The van der Waals surface area contributed by atoms with Crippen molar-refractivity contribution >= 4 is 35.0 Å². The van der Waals surface area contributed by atoms with Crippen LogP contribution in [0.5, 0.6) is 0 Å². The number of anilines is 1. The molecule has 152 valence electrons. The first-order chi connectivity index (χ1) is 13.4. The minimum Gasteiger partial charge on any atom is -0.477 e. The van der Waals surface area contributed by atoms with Crippen molar-refractivity contribution in [1.29, 1.82) is 0 Å². The first-order valence-corrected chi connectivity index (χ1v) is 8.65. The highest BCUT2D eigenvalue weighted by Gasteiger charge is 2.29. The van der Waals surface area contributed by atoms with Crippen LogP contribution in [0, 0.1) is 17.5 Å². The van der Waals surface area contributed by atoms with Crippen molar-refractivity contribution in [3.8, 4) is 0 Å². The maximum Gasteiger partial charge on any atom is 0.341 e. The van der Waals surface area contributed by atoms with E-state index in [1.54, 1.807) is 0 Å². The number of fused-ring (bicyclic) bond motifs is 1. The average molecular weight is 425 g/mol. The van der Waals surface area contributed by atoms with Gasteiger partial charge in [-0.15, -0.1) is 12.4 Å². The quantitative estimate of drug-likeness (QED) is 0.633. The Morgan fingerprint density at radius 2 is 1.83 bits per heavy atom. The summed E-state index contributed by atoms with van der Waals surface area (Å²) in [7, 11) is 0. The van der Waals surface area contributed by atoms with Gasteiger partial charge in [0.1, 0.15) is 17.2 Å². The second-order valence-corrected chi connectivity index (χ2v) is 6.72. The number of pyridine rings is 1. The number of carboxylic acid groups (broad SMARTS) is 1. The van der Waals surface area contributed by atoms with Crippen LogP contribution in [0.3, 0.4) is 0 Å². The zero-order valence-corrected chi connectivity index (χ0v) is 15.7. The second kappa shape index (κ2) is 7.79. The van der Waals surface area contributed by atoms with Crippen molar-refractivity contribution in [2.75, 3.05) is 5.32 Å². The molecule has 3 aromatic rings. The van der Waals surface area contributed by atoms with Gasteiger partial charge < -0.3 is 15.0 Å². The second-order valence-electron chi connectivity index (χ2n) is 6.72. The fraction of sp³-hybridized carbons (Fsp3) is 0.200. The fourth-order valence-electron chi connectivity index (χ4n) is 3.19. The van der Waals surface area contributed by atoms with Crippen molar-refractivity contribution in [3.63, 3.8) is 0 Å². The normalized spacial score (nSPS) is 13.2. The van der Waals surface area contributed by atoms with E-state index in [0.717, 1.165) is 25.1 Å². The number of carboxylic acids is 1. The van der Waals surface area contributed by atoms with Crippen molar-refractivity contribution in [2.24, 2.45) is 0 Å². The van der Waals surface area contributed by atoms with Gasteiger partial charge in [0.15, 0.2) is 5.82 Å². The number of carbonyl (C=O) groups is 1. The summed E-state index contributed by atoms with van der Waals surface area (Å²) in [5.74, 6) is -3.74. The summed E-state index contributed by atoms with van der Waals surface area (Å²) >= 11 is 0. The fourth-order valence-corrected chi connectivity index (χ4v) is 3.19. The largest absolute Gasteiger partial charge is 0.477 e. The molecule has 0 saturated heterocycles. The van der Waals surface area contributed by atoms with Crippen molar-refractivity contribution in [3.05, 3.63) is 75.3 Å². The van der Waals surface area contributed by atoms with Gasteiger partial charge in [-0.25, -0.2) is 18.0 Å². The van der Waals surface area contributed by atoms with Crippen molar-refractivity contribution in [2.45, 2.75) is 25.4 Å². The van der Waals surface area contributed by atoms with Crippen LogP contribution >= 0.6 is 12.4 Å². The van der Waals surface area contributed by atoms with Gasteiger partial charge in [0.25, 0.3) is 0 Å². The third kappa shape index (κ3) is 3.80. The van der Waals surface area contributed by atoms with E-state index in [4.69, 9.17) is 0 Å². The maximum absolute atomic E-state index is 15.2. The van der Waals surface area contributed by atoms with Crippen LogP contribution in [-0.2, 0) is 6.54 Å². The summed E-state index contributed by atoms with van der Waals surface area (Å²) in [4.78, 5) is 23.8. The number of aromatic nitrogens is 1. The lowest BCUT2D eigenvalue weighted by Gasteiger charge is -2.16. The summed E-state index contributed by atoms with van der Waals surface area (Å²) in [5, 5.41) is 11.8. The van der Waals surface area contributed by atoms with Crippen LogP contribution in [0.25, 0.3) is 10.9 Å². The number of rotatable bonds is 5. The highest BCUT2D eigenvalue weighted by atomic mass is 35.5. The molecule has 0 atom stereocenters. The smallest absolute Gasteiger partial charge is 0.341 e. The van der Waals surface area contributed by atoms with Crippen LogP contribution in [-0.4, -0.2) is 15.6 Å². The van der Waals surface area contributed by atoms with Crippen molar-refractivity contribution < 1.29 is 23.1 Å². The Morgan fingerprint density at radius 3 is 2.41 bits per heavy atom. The maximum atomic E-state index is 15.2. The summed E-state index contributed by atoms with van der Waals surface area (Å²) < 4.78 is 44.2. The molecular formula is C20H16ClF3N2O3. The SMILES string of the molecule is Cl.O=C(O)c1cn(C2CC2)c2c(F)c(CNc3ccc(F)cc3)c(F)cc2c1=O. The molecule has 0 radical (unpaired) electrons. The molecule has 1 aliphatic rings. The van der Waals surface area contributed by atoms with E-state index in [1.165, 1.54) is 28.8 Å². The third-order valence-corrected chi connectivity index (χ3v) is 4.79. The Labute approximate surface area is 169 Å². The summed E-state index contributed by atoms with van der Waals surface area (Å²) in [6, 6.07) is 6.06. The number of aromatic carboxylic acids is 1. The molecule has 2 aromatic carbocycles. The zero-order valence-electron chi connectivity index (χ0n) is 14.9. The lowest BCUT2D eigenvalue weighted by molar-refractivity contribution is 0.0694. The van der Waals surface area contributed by atoms with Gasteiger partial charge in [0, 0.05) is 30.0 Å². The first-order valence-electron chi connectivity index (χ1n) is 8.65. The monoisotopic (exact) mass is 424 g/mol. The zero-order chi connectivity index (χ0) is 20.0. The lowest BCUT2D eigenvalue weighted by Crippen LogP contribution is -2.20. The molecule has 1 saturated carbocycles. The molecule has 0 bridgehead atoms. The predicted octanol–water partition coefficient (Wildman–Crippen LogP) is 4.49. The predicted molar refractivity (Wildman–Crippen MR) is 104 cm³/mol. The van der Waals surface area contributed by atoms with Gasteiger partial charge in [-0.1, -0.05) is 0 Å². The molecule has 1 aliphatic carbocycles. The van der Waals surface area contributed by atoms with E-state index < -0.39 is 34.4 Å². The van der Waals surface area contributed by atoms with E-state index in [9.17, 15) is 23.5 Å². The van der Waals surface area contributed by atoms with E-state index in [0.29, 0.717) is 5.69 Å². The molecule has 5 nitrogen and oxygen atoms in total. The van der Waals surface area contributed by atoms with Gasteiger partial charge in [-0.2, -0.15) is 0 Å². The molecule has 0 unspecified atom stereocenters. The molecule has 4 rings (SSSR count). The number of nitrogens with zero attached hydrogens (tertiary/aromatic N) is 1. The van der Waals surface area contributed by atoms with Gasteiger partial charge in [0.05, 0.1) is 10.9 Å². The number of benzene rings is 2. The van der Waals surface area contributed by atoms with E-state index >= 15 is 4.39 Å². The van der Waals surface area contributed by atoms with Gasteiger partial charge in [-0.05, 0) is 43.2 Å². The van der Waals surface area contributed by atoms with Gasteiger partial charge >= 0.3 is 5.97 Å². The lowest BCUT2D eigenvalue weighted by atomic mass is 10.1. The molecule has 0 aliphatic heterocycles. The first kappa shape index (κ1) is 20.7. The van der Waals surface area contributed by atoms with Crippen LogP contribution in [0.4, 0.5) is 18.9 Å². The molecule has 2 N–H and O–H groups in total. The van der Waals surface area contributed by atoms with E-state index in [-0.39, 0.29) is 41.5 Å². The van der Waals surface area contributed by atoms with Crippen molar-refractivity contribution in [1.82, 2.24) is 4.57 Å². The standard InChI is InChI=1S/C20H15F3N2O3.ClH/c21-10-1-3-11(4-2-10)24-8-14-16(22)7-13-18(17(14)23)25(12-5-6-12)9-15(19(13)26)20(27)28;/h1-4,7,9,12,24H,5-6,8H2,(H,27,28);1H. The van der Waals surface area contributed by atoms with E-state index in [2.05, 4.69) is 5.32 Å². The molecule has 0 spiro atoms. The third-order valence-electron chi connectivity index (χ3n) is 4.79. The highest BCUT2D eigenvalue weighted by molar-refractivity contribution is 5.93. The molecule has 1 heterocycles. The Kier molecular flexibility index (Phi) is 5.57. The molecule has 9 heteroatoms. The number of halogens is 4. The summed E-state index contributed by atoms with van der Waals surface area (Å²) in [6.45, 7) is -0.223. The average Bonchev–Trinajstić information content (AvgIpc) is 3.48. The Morgan fingerprint density at radius 1 is 1.17 bits per heavy atom. The topological polar surface area (TPSA) is 71.3 Å². The Bertz CT molecular complexity index is 1160. The van der Waals surface area contributed by atoms with Crippen LogP contribution in [0.15, 0.2) is 41.3 Å². The Hall–Kier alpha value is -3.00. The summed E-state index contributed by atoms with van der Waals surface area (Å²) in [6.07, 6.45) is 2.57. The van der Waals surface area contributed by atoms with E-state index in [1.807, 2.05) is 0 Å². The van der Waals surface area contributed by atoms with Gasteiger partial charge in [-0.3, -0.25) is 4.79 Å². The van der Waals surface area contributed by atoms with Gasteiger partial charge in [0.2, 0.25) is 5.43 Å². The minimum absolute atomic E-state index is 0. The molecule has 1 aromatic heterocycles. The number of nitrogens with one attached hydrogen (secondary N) is 1. The number of hydrogen-bond acceptors (Lipinski definition) is 3. The highest BCUT2D eigenvalue weighted by Crippen LogP contribution is 2.38. The molecule has 1 fully saturated rings. The number of hydrogen-bond donors (Lipinski definition) is 2. The molecular weight excluding hydrogens is 409 g/mol. The Balaban J connectivity index is 0.00000240. The van der Waals surface area contributed by atoms with Crippen LogP contribution in [0.1, 0.15) is 34.8 Å². The molecule has 29 heavy (non-hydrogen) atoms. The summed E-state index contributed by atoms with van der Waals surface area (Å²) in [5.41, 5.74) is -1.35. The van der Waals surface area contributed by atoms with Crippen LogP contribution in [0.2, 0.25) is 0 Å².